The van der Waals surface area contributed by atoms with Gasteiger partial charge in [0.2, 0.25) is 0 Å². The fourth-order valence-corrected chi connectivity index (χ4v) is 6.55. The van der Waals surface area contributed by atoms with Crippen molar-refractivity contribution < 1.29 is 8.42 Å². The molecule has 2 aromatic heterocycles. The molecule has 0 radical (unpaired) electrons. The Morgan fingerprint density at radius 2 is 2.00 bits per heavy atom. The van der Waals surface area contributed by atoms with Gasteiger partial charge in [-0.15, -0.1) is 11.3 Å². The predicted molar refractivity (Wildman–Crippen MR) is 104 cm³/mol. The molecule has 0 saturated carbocycles. The molecular weight excluding hydrogens is 364 g/mol. The Bertz CT molecular complexity index is 1040. The third-order valence-electron chi connectivity index (χ3n) is 4.76. The van der Waals surface area contributed by atoms with Gasteiger partial charge in [-0.25, -0.2) is 8.42 Å². The van der Waals surface area contributed by atoms with Crippen LogP contribution in [0.15, 0.2) is 59.1 Å². The number of nitrogens with zero attached hydrogens (tertiary/aromatic N) is 2. The van der Waals surface area contributed by atoms with E-state index in [9.17, 15) is 8.42 Å². The average Bonchev–Trinajstić information content (AvgIpc) is 3.08. The molecule has 0 amide bonds. The molecule has 1 atom stereocenters. The molecule has 1 aliphatic rings. The number of rotatable bonds is 3. The van der Waals surface area contributed by atoms with Crippen molar-refractivity contribution >= 4 is 21.4 Å². The second-order valence-corrected chi connectivity index (χ2v) is 10.0. The van der Waals surface area contributed by atoms with Gasteiger partial charge in [-0.05, 0) is 55.2 Å². The number of pyridine rings is 1. The summed E-state index contributed by atoms with van der Waals surface area (Å²) in [5.41, 5.74) is 4.35. The highest BCUT2D eigenvalue weighted by atomic mass is 32.2. The second kappa shape index (κ2) is 6.61. The lowest BCUT2D eigenvalue weighted by molar-refractivity contribution is 0.344. The van der Waals surface area contributed by atoms with E-state index in [-0.39, 0.29) is 6.04 Å². The minimum Gasteiger partial charge on any atom is -0.264 e. The Morgan fingerprint density at radius 3 is 2.69 bits per heavy atom. The van der Waals surface area contributed by atoms with Gasteiger partial charge in [0.15, 0.2) is 0 Å². The van der Waals surface area contributed by atoms with E-state index < -0.39 is 10.0 Å². The van der Waals surface area contributed by atoms with Crippen molar-refractivity contribution in [1.82, 2.24) is 9.29 Å². The van der Waals surface area contributed by atoms with Crippen LogP contribution < -0.4 is 0 Å². The van der Waals surface area contributed by atoms with E-state index in [4.69, 9.17) is 0 Å². The summed E-state index contributed by atoms with van der Waals surface area (Å²) < 4.78 is 28.8. The molecule has 0 spiro atoms. The van der Waals surface area contributed by atoms with Crippen LogP contribution in [0.2, 0.25) is 0 Å². The van der Waals surface area contributed by atoms with Gasteiger partial charge in [-0.3, -0.25) is 4.98 Å². The first-order valence-electron chi connectivity index (χ1n) is 8.54. The third-order valence-corrected chi connectivity index (χ3v) is 8.09. The Balaban J connectivity index is 1.88. The molecule has 1 aliphatic heterocycles. The van der Waals surface area contributed by atoms with Gasteiger partial charge < -0.3 is 0 Å². The quantitative estimate of drug-likeness (QED) is 0.683. The van der Waals surface area contributed by atoms with Gasteiger partial charge in [0.1, 0.15) is 4.21 Å². The van der Waals surface area contributed by atoms with Crippen molar-refractivity contribution in [2.75, 3.05) is 6.54 Å². The Kier molecular flexibility index (Phi) is 4.42. The zero-order valence-electron chi connectivity index (χ0n) is 14.7. The van der Waals surface area contributed by atoms with Crippen LogP contribution in [-0.4, -0.2) is 24.3 Å². The molecule has 134 valence electrons. The van der Waals surface area contributed by atoms with Gasteiger partial charge in [-0.1, -0.05) is 29.8 Å². The van der Waals surface area contributed by atoms with Crippen molar-refractivity contribution in [2.24, 2.45) is 0 Å². The molecule has 0 saturated heterocycles. The van der Waals surface area contributed by atoms with Crippen LogP contribution in [0.4, 0.5) is 0 Å². The van der Waals surface area contributed by atoms with Gasteiger partial charge in [0.25, 0.3) is 10.0 Å². The molecule has 1 unspecified atom stereocenters. The topological polar surface area (TPSA) is 50.3 Å². The lowest BCUT2D eigenvalue weighted by Crippen LogP contribution is -2.40. The maximum Gasteiger partial charge on any atom is 0.253 e. The predicted octanol–water partition coefficient (Wildman–Crippen LogP) is 4.10. The fourth-order valence-electron chi connectivity index (χ4n) is 3.54. The number of sulfonamides is 1. The lowest BCUT2D eigenvalue weighted by Gasteiger charge is -2.36. The summed E-state index contributed by atoms with van der Waals surface area (Å²) in [6.07, 6.45) is 4.20. The van der Waals surface area contributed by atoms with Crippen LogP contribution >= 0.6 is 11.3 Å². The maximum absolute atomic E-state index is 13.4. The summed E-state index contributed by atoms with van der Waals surface area (Å²) >= 11 is 1.32. The molecule has 0 bridgehead atoms. The Labute approximate surface area is 158 Å². The van der Waals surface area contributed by atoms with E-state index in [0.717, 1.165) is 22.4 Å². The van der Waals surface area contributed by atoms with Crippen LogP contribution in [0.25, 0.3) is 0 Å². The third kappa shape index (κ3) is 2.98. The molecule has 4 rings (SSSR count). The zero-order valence-corrected chi connectivity index (χ0v) is 16.3. The molecule has 6 heteroatoms. The normalized spacial score (nSPS) is 17.8. The first kappa shape index (κ1) is 17.4. The van der Waals surface area contributed by atoms with Gasteiger partial charge >= 0.3 is 0 Å². The van der Waals surface area contributed by atoms with E-state index in [0.29, 0.717) is 10.8 Å². The average molecular weight is 385 g/mol. The number of thiophene rings is 1. The number of aromatic nitrogens is 1. The standard InChI is InChI=1S/C20H20N2O2S2/c1-14-5-7-18-16(12-14)9-11-22(20(18)17-4-3-10-21-13-17)26(23,24)19-8-6-15(2)25-19/h3-8,10,12-13,20H,9,11H2,1-2H3. The maximum atomic E-state index is 13.4. The molecule has 4 nitrogen and oxygen atoms in total. The van der Waals surface area contributed by atoms with E-state index in [2.05, 4.69) is 24.0 Å². The highest BCUT2D eigenvalue weighted by Gasteiger charge is 2.38. The Hall–Kier alpha value is -2.02. The first-order valence-corrected chi connectivity index (χ1v) is 10.8. The molecular formula is C20H20N2O2S2. The largest absolute Gasteiger partial charge is 0.264 e. The number of benzene rings is 1. The molecule has 0 fully saturated rings. The highest BCUT2D eigenvalue weighted by Crippen LogP contribution is 2.39. The second-order valence-electron chi connectivity index (χ2n) is 6.62. The summed E-state index contributed by atoms with van der Waals surface area (Å²) in [5.74, 6) is 0. The van der Waals surface area contributed by atoms with Gasteiger partial charge in [0, 0.05) is 23.8 Å². The summed E-state index contributed by atoms with van der Waals surface area (Å²) in [4.78, 5) is 5.22. The summed E-state index contributed by atoms with van der Waals surface area (Å²) in [5, 5.41) is 0. The minimum atomic E-state index is -3.57. The van der Waals surface area contributed by atoms with Gasteiger partial charge in [0.05, 0.1) is 6.04 Å². The van der Waals surface area contributed by atoms with Gasteiger partial charge in [-0.2, -0.15) is 4.31 Å². The van der Waals surface area contributed by atoms with Crippen LogP contribution in [0.3, 0.4) is 0 Å². The molecule has 3 aromatic rings. The van der Waals surface area contributed by atoms with Crippen molar-refractivity contribution in [3.8, 4) is 0 Å². The number of hydrogen-bond donors (Lipinski definition) is 0. The minimum absolute atomic E-state index is 0.347. The van der Waals surface area contributed by atoms with E-state index in [1.54, 1.807) is 22.8 Å². The molecule has 0 N–H and O–H groups in total. The van der Waals surface area contributed by atoms with E-state index in [1.165, 1.54) is 22.5 Å². The van der Waals surface area contributed by atoms with E-state index in [1.807, 2.05) is 31.2 Å². The summed E-state index contributed by atoms with van der Waals surface area (Å²) in [6.45, 7) is 4.46. The molecule has 0 aliphatic carbocycles. The lowest BCUT2D eigenvalue weighted by atomic mass is 9.89. The fraction of sp³-hybridized carbons (Fsp3) is 0.250. The smallest absolute Gasteiger partial charge is 0.253 e. The van der Waals surface area contributed by atoms with Crippen molar-refractivity contribution in [3.05, 3.63) is 82.0 Å². The van der Waals surface area contributed by atoms with E-state index >= 15 is 0 Å². The monoisotopic (exact) mass is 384 g/mol. The number of fused-ring (bicyclic) bond motifs is 1. The van der Waals surface area contributed by atoms with Crippen molar-refractivity contribution in [1.29, 1.82) is 0 Å². The molecule has 1 aromatic carbocycles. The SMILES string of the molecule is Cc1ccc2c(c1)CCN(S(=O)(=O)c1ccc(C)s1)C2c1cccnc1. The van der Waals surface area contributed by atoms with Crippen molar-refractivity contribution in [3.63, 3.8) is 0 Å². The van der Waals surface area contributed by atoms with Crippen LogP contribution in [0.5, 0.6) is 0 Å². The van der Waals surface area contributed by atoms with Crippen molar-refractivity contribution in [2.45, 2.75) is 30.5 Å². The first-order chi connectivity index (χ1) is 12.5. The Morgan fingerprint density at radius 1 is 1.15 bits per heavy atom. The molecule has 3 heterocycles. The molecule has 26 heavy (non-hydrogen) atoms. The number of aryl methyl sites for hydroxylation is 2. The summed E-state index contributed by atoms with van der Waals surface area (Å²) in [6, 6.07) is 13.3. The van der Waals surface area contributed by atoms with Crippen LogP contribution in [0, 0.1) is 13.8 Å². The summed E-state index contributed by atoms with van der Waals surface area (Å²) in [7, 11) is -3.57. The highest BCUT2D eigenvalue weighted by molar-refractivity contribution is 7.91. The zero-order chi connectivity index (χ0) is 18.3. The number of hydrogen-bond acceptors (Lipinski definition) is 4. The van der Waals surface area contributed by atoms with Crippen LogP contribution in [-0.2, 0) is 16.4 Å². The van der Waals surface area contributed by atoms with Crippen LogP contribution in [0.1, 0.15) is 33.2 Å².